The fourth-order valence-electron chi connectivity index (χ4n) is 2.29. The molecule has 2 rings (SSSR count). The van der Waals surface area contributed by atoms with Crippen LogP contribution >= 0.6 is 0 Å². The van der Waals surface area contributed by atoms with Gasteiger partial charge in [0.2, 0.25) is 0 Å². The Morgan fingerprint density at radius 1 is 1.47 bits per heavy atom. The second-order valence-electron chi connectivity index (χ2n) is 4.53. The predicted octanol–water partition coefficient (Wildman–Crippen LogP) is 2.50. The van der Waals surface area contributed by atoms with Gasteiger partial charge >= 0.3 is 0 Å². The molecular weight excluding hydrogens is 208 g/mol. The average Bonchev–Trinajstić information content (AvgIpc) is 2.38. The van der Waals surface area contributed by atoms with Crippen LogP contribution in [0.15, 0.2) is 18.2 Å². The quantitative estimate of drug-likeness (QED) is 0.797. The van der Waals surface area contributed by atoms with Crippen LogP contribution < -0.4 is 5.32 Å². The molecule has 1 N–H and O–H groups in total. The number of nitrogens with one attached hydrogen (secondary N) is 1. The Hall–Kier alpha value is -1.46. The molecule has 1 heterocycles. The maximum atomic E-state index is 5.37. The molecule has 2 nitrogen and oxygen atoms in total. The van der Waals surface area contributed by atoms with E-state index in [0.717, 1.165) is 26.2 Å². The molecule has 0 spiro atoms. The van der Waals surface area contributed by atoms with Gasteiger partial charge in [-0.2, -0.15) is 0 Å². The number of aryl methyl sites for hydroxylation is 1. The van der Waals surface area contributed by atoms with Crippen molar-refractivity contribution >= 4 is 5.69 Å². The van der Waals surface area contributed by atoms with Crippen LogP contribution in [0.3, 0.4) is 0 Å². The molecule has 0 saturated heterocycles. The molecule has 0 bridgehead atoms. The Balaban J connectivity index is 2.09. The molecule has 0 saturated carbocycles. The summed E-state index contributed by atoms with van der Waals surface area (Å²) in [5, 5.41) is 3.44. The van der Waals surface area contributed by atoms with Crippen molar-refractivity contribution in [2.75, 3.05) is 25.0 Å². The lowest BCUT2D eigenvalue weighted by Gasteiger charge is -2.21. The Bertz CT molecular complexity index is 417. The summed E-state index contributed by atoms with van der Waals surface area (Å²) in [5.74, 6) is 2.71. The highest BCUT2D eigenvalue weighted by Gasteiger charge is 2.09. The SMILES string of the molecule is C#CCN(CC)Cc1ccc2c(c1)CCCN2. The number of hydrogen-bond donors (Lipinski definition) is 1. The fourth-order valence-corrected chi connectivity index (χ4v) is 2.29. The number of terminal acetylenes is 1. The first kappa shape index (κ1) is 12.0. The summed E-state index contributed by atoms with van der Waals surface area (Å²) in [5.41, 5.74) is 4.12. The van der Waals surface area contributed by atoms with Crippen LogP contribution in [0, 0.1) is 12.3 Å². The molecule has 0 radical (unpaired) electrons. The molecule has 1 aliphatic heterocycles. The first-order valence-corrected chi connectivity index (χ1v) is 6.35. The highest BCUT2D eigenvalue weighted by molar-refractivity contribution is 5.54. The van der Waals surface area contributed by atoms with Gasteiger partial charge in [0.1, 0.15) is 0 Å². The van der Waals surface area contributed by atoms with E-state index in [-0.39, 0.29) is 0 Å². The van der Waals surface area contributed by atoms with Crippen LogP contribution in [-0.2, 0) is 13.0 Å². The third kappa shape index (κ3) is 3.01. The Morgan fingerprint density at radius 3 is 3.12 bits per heavy atom. The summed E-state index contributed by atoms with van der Waals surface area (Å²) >= 11 is 0. The van der Waals surface area contributed by atoms with E-state index < -0.39 is 0 Å². The lowest BCUT2D eigenvalue weighted by molar-refractivity contribution is 0.316. The second kappa shape index (κ2) is 5.75. The Kier molecular flexibility index (Phi) is 4.06. The van der Waals surface area contributed by atoms with E-state index in [2.05, 4.69) is 41.3 Å². The number of nitrogens with zero attached hydrogens (tertiary/aromatic N) is 1. The Labute approximate surface area is 104 Å². The fraction of sp³-hybridized carbons (Fsp3) is 0.467. The molecule has 1 aromatic rings. The summed E-state index contributed by atoms with van der Waals surface area (Å²) in [6, 6.07) is 6.73. The summed E-state index contributed by atoms with van der Waals surface area (Å²) in [4.78, 5) is 2.28. The van der Waals surface area contributed by atoms with Crippen molar-refractivity contribution in [1.29, 1.82) is 0 Å². The van der Waals surface area contributed by atoms with E-state index in [1.54, 1.807) is 0 Å². The average molecular weight is 228 g/mol. The van der Waals surface area contributed by atoms with Gasteiger partial charge in [-0.25, -0.2) is 0 Å². The molecule has 90 valence electrons. The molecule has 0 atom stereocenters. The van der Waals surface area contributed by atoms with Crippen LogP contribution in [0.25, 0.3) is 0 Å². The van der Waals surface area contributed by atoms with Gasteiger partial charge in [0, 0.05) is 18.8 Å². The largest absolute Gasteiger partial charge is 0.385 e. The van der Waals surface area contributed by atoms with Crippen molar-refractivity contribution in [2.45, 2.75) is 26.3 Å². The topological polar surface area (TPSA) is 15.3 Å². The molecule has 0 fully saturated rings. The van der Waals surface area contributed by atoms with Gasteiger partial charge in [-0.1, -0.05) is 25.0 Å². The molecule has 1 aliphatic rings. The summed E-state index contributed by atoms with van der Waals surface area (Å²) in [6.07, 6.45) is 7.79. The van der Waals surface area contributed by atoms with Crippen LogP contribution in [0.1, 0.15) is 24.5 Å². The molecule has 0 unspecified atom stereocenters. The highest BCUT2D eigenvalue weighted by atomic mass is 15.1. The van der Waals surface area contributed by atoms with E-state index in [1.807, 2.05) is 0 Å². The smallest absolute Gasteiger partial charge is 0.0601 e. The van der Waals surface area contributed by atoms with Crippen LogP contribution in [0.2, 0.25) is 0 Å². The van der Waals surface area contributed by atoms with Crippen LogP contribution in [0.4, 0.5) is 5.69 Å². The molecule has 2 heteroatoms. The van der Waals surface area contributed by atoms with E-state index in [4.69, 9.17) is 6.42 Å². The molecule has 17 heavy (non-hydrogen) atoms. The normalized spacial score (nSPS) is 13.9. The monoisotopic (exact) mass is 228 g/mol. The lowest BCUT2D eigenvalue weighted by Crippen LogP contribution is -2.23. The third-order valence-electron chi connectivity index (χ3n) is 3.28. The van der Waals surface area contributed by atoms with E-state index in [0.29, 0.717) is 0 Å². The van der Waals surface area contributed by atoms with Crippen molar-refractivity contribution in [1.82, 2.24) is 4.90 Å². The number of fused-ring (bicyclic) bond motifs is 1. The standard InChI is InChI=1S/C15H20N2/c1-3-10-17(4-2)12-13-7-8-15-14(11-13)6-5-9-16-15/h1,7-8,11,16H,4-6,9-10,12H2,2H3. The van der Waals surface area contributed by atoms with Crippen LogP contribution in [-0.4, -0.2) is 24.5 Å². The third-order valence-corrected chi connectivity index (χ3v) is 3.28. The zero-order valence-electron chi connectivity index (χ0n) is 10.5. The number of rotatable bonds is 4. The van der Waals surface area contributed by atoms with E-state index in [1.165, 1.54) is 29.7 Å². The highest BCUT2D eigenvalue weighted by Crippen LogP contribution is 2.23. The van der Waals surface area contributed by atoms with Gasteiger partial charge in [0.05, 0.1) is 6.54 Å². The van der Waals surface area contributed by atoms with Gasteiger partial charge in [-0.05, 0) is 36.6 Å². The molecule has 1 aromatic carbocycles. The van der Waals surface area contributed by atoms with Gasteiger partial charge in [-0.3, -0.25) is 4.90 Å². The maximum Gasteiger partial charge on any atom is 0.0601 e. The van der Waals surface area contributed by atoms with Gasteiger partial charge in [0.25, 0.3) is 0 Å². The first-order valence-electron chi connectivity index (χ1n) is 6.35. The maximum absolute atomic E-state index is 5.37. The predicted molar refractivity (Wildman–Crippen MR) is 73.0 cm³/mol. The summed E-state index contributed by atoms with van der Waals surface area (Å²) in [6.45, 7) is 5.93. The van der Waals surface area contributed by atoms with Crippen molar-refractivity contribution in [2.24, 2.45) is 0 Å². The summed E-state index contributed by atoms with van der Waals surface area (Å²) < 4.78 is 0. The van der Waals surface area contributed by atoms with Crippen molar-refractivity contribution < 1.29 is 0 Å². The molecular formula is C15H20N2. The van der Waals surface area contributed by atoms with E-state index >= 15 is 0 Å². The Morgan fingerprint density at radius 2 is 2.35 bits per heavy atom. The van der Waals surface area contributed by atoms with Crippen LogP contribution in [0.5, 0.6) is 0 Å². The number of anilines is 1. The zero-order valence-corrected chi connectivity index (χ0v) is 10.5. The lowest BCUT2D eigenvalue weighted by atomic mass is 10.0. The van der Waals surface area contributed by atoms with Gasteiger partial charge in [0.15, 0.2) is 0 Å². The summed E-state index contributed by atoms with van der Waals surface area (Å²) in [7, 11) is 0. The second-order valence-corrected chi connectivity index (χ2v) is 4.53. The van der Waals surface area contributed by atoms with Crippen molar-refractivity contribution in [3.05, 3.63) is 29.3 Å². The van der Waals surface area contributed by atoms with Crippen molar-refractivity contribution in [3.63, 3.8) is 0 Å². The van der Waals surface area contributed by atoms with Gasteiger partial charge in [-0.15, -0.1) is 6.42 Å². The minimum atomic E-state index is 0.728. The molecule has 0 amide bonds. The molecule has 0 aromatic heterocycles. The van der Waals surface area contributed by atoms with Crippen molar-refractivity contribution in [3.8, 4) is 12.3 Å². The van der Waals surface area contributed by atoms with E-state index in [9.17, 15) is 0 Å². The minimum Gasteiger partial charge on any atom is -0.385 e. The number of hydrogen-bond acceptors (Lipinski definition) is 2. The zero-order chi connectivity index (χ0) is 12.1. The van der Waals surface area contributed by atoms with Gasteiger partial charge < -0.3 is 5.32 Å². The minimum absolute atomic E-state index is 0.728. The molecule has 0 aliphatic carbocycles. The number of benzene rings is 1. The first-order chi connectivity index (χ1) is 8.33.